The lowest BCUT2D eigenvalue weighted by Gasteiger charge is -2.20. The summed E-state index contributed by atoms with van der Waals surface area (Å²) in [4.78, 5) is 0. The van der Waals surface area contributed by atoms with Crippen molar-refractivity contribution in [3.05, 3.63) is 64.4 Å². The van der Waals surface area contributed by atoms with Gasteiger partial charge < -0.3 is 5.32 Å². The molecule has 0 fully saturated rings. The van der Waals surface area contributed by atoms with Crippen LogP contribution < -0.4 is 5.32 Å². The van der Waals surface area contributed by atoms with Crippen molar-refractivity contribution in [2.24, 2.45) is 0 Å². The Morgan fingerprint density at radius 2 is 1.76 bits per heavy atom. The fourth-order valence-corrected chi connectivity index (χ4v) is 2.22. The van der Waals surface area contributed by atoms with E-state index < -0.39 is 23.6 Å². The van der Waals surface area contributed by atoms with Gasteiger partial charge in [0.05, 0.1) is 11.3 Å². The highest BCUT2D eigenvalue weighted by Gasteiger charge is 2.34. The summed E-state index contributed by atoms with van der Waals surface area (Å²) in [6.45, 7) is 1.53. The Balaban J connectivity index is 2.33. The molecule has 0 aliphatic carbocycles. The van der Waals surface area contributed by atoms with Gasteiger partial charge in [0, 0.05) is 11.1 Å². The molecule has 0 heterocycles. The Bertz CT molecular complexity index is 640. The maximum Gasteiger partial charge on any atom is 0.416 e. The first kappa shape index (κ1) is 15.6. The molecule has 0 amide bonds. The zero-order valence-corrected chi connectivity index (χ0v) is 11.8. The first-order chi connectivity index (χ1) is 9.79. The predicted molar refractivity (Wildman–Crippen MR) is 74.9 cm³/mol. The number of nitrogens with one attached hydrogen (secondary N) is 1. The standard InChI is InChI=1S/C15H12ClF4N/c1-9(21-14-8-10(16)6-7-13(14)17)11-4-2-3-5-12(11)15(18,19)20/h2-9,21H,1H3. The molecule has 2 aromatic rings. The molecule has 1 nitrogen and oxygen atoms in total. The van der Waals surface area contributed by atoms with Gasteiger partial charge in [0.15, 0.2) is 0 Å². The number of hydrogen-bond donors (Lipinski definition) is 1. The fourth-order valence-electron chi connectivity index (χ4n) is 2.05. The highest BCUT2D eigenvalue weighted by atomic mass is 35.5. The molecule has 6 heteroatoms. The van der Waals surface area contributed by atoms with Crippen LogP contribution in [0.1, 0.15) is 24.1 Å². The Morgan fingerprint density at radius 1 is 1.10 bits per heavy atom. The maximum atomic E-state index is 13.6. The molecule has 0 bridgehead atoms. The second-order valence-corrected chi connectivity index (χ2v) is 5.01. The molecule has 1 unspecified atom stereocenters. The first-order valence-electron chi connectivity index (χ1n) is 6.16. The minimum Gasteiger partial charge on any atom is -0.376 e. The van der Waals surface area contributed by atoms with Gasteiger partial charge in [0.2, 0.25) is 0 Å². The van der Waals surface area contributed by atoms with E-state index in [1.54, 1.807) is 0 Å². The van der Waals surface area contributed by atoms with Gasteiger partial charge in [-0.15, -0.1) is 0 Å². The Kier molecular flexibility index (Phi) is 4.42. The predicted octanol–water partition coefficient (Wildman–Crippen LogP) is 5.67. The van der Waals surface area contributed by atoms with Gasteiger partial charge in [-0.05, 0) is 36.8 Å². The monoisotopic (exact) mass is 317 g/mol. The summed E-state index contributed by atoms with van der Waals surface area (Å²) in [6.07, 6.45) is -4.46. The molecule has 0 saturated heterocycles. The minimum absolute atomic E-state index is 0.0457. The van der Waals surface area contributed by atoms with Crippen molar-refractivity contribution in [2.75, 3.05) is 5.32 Å². The lowest BCUT2D eigenvalue weighted by molar-refractivity contribution is -0.138. The third-order valence-corrected chi connectivity index (χ3v) is 3.27. The van der Waals surface area contributed by atoms with Crippen molar-refractivity contribution < 1.29 is 17.6 Å². The zero-order chi connectivity index (χ0) is 15.6. The number of anilines is 1. The molecule has 0 radical (unpaired) electrons. The highest BCUT2D eigenvalue weighted by molar-refractivity contribution is 6.30. The van der Waals surface area contributed by atoms with E-state index in [1.165, 1.54) is 37.3 Å². The maximum absolute atomic E-state index is 13.6. The van der Waals surface area contributed by atoms with Crippen molar-refractivity contribution in [1.82, 2.24) is 0 Å². The van der Waals surface area contributed by atoms with Gasteiger partial charge in [0.25, 0.3) is 0 Å². The van der Waals surface area contributed by atoms with Crippen LogP contribution in [0.4, 0.5) is 23.2 Å². The number of hydrogen-bond acceptors (Lipinski definition) is 1. The van der Waals surface area contributed by atoms with Crippen molar-refractivity contribution in [3.63, 3.8) is 0 Å². The first-order valence-corrected chi connectivity index (χ1v) is 6.54. The van der Waals surface area contributed by atoms with Crippen molar-refractivity contribution in [3.8, 4) is 0 Å². The van der Waals surface area contributed by atoms with Crippen LogP contribution in [-0.2, 0) is 6.18 Å². The van der Waals surface area contributed by atoms with Crippen LogP contribution in [0, 0.1) is 5.82 Å². The molecule has 2 rings (SSSR count). The van der Waals surface area contributed by atoms with E-state index in [0.717, 1.165) is 12.1 Å². The largest absolute Gasteiger partial charge is 0.416 e. The Hall–Kier alpha value is -1.75. The minimum atomic E-state index is -4.46. The van der Waals surface area contributed by atoms with E-state index >= 15 is 0 Å². The number of alkyl halides is 3. The van der Waals surface area contributed by atoms with Crippen LogP contribution in [0.15, 0.2) is 42.5 Å². The lowest BCUT2D eigenvalue weighted by atomic mass is 10.0. The van der Waals surface area contributed by atoms with Crippen LogP contribution >= 0.6 is 11.6 Å². The van der Waals surface area contributed by atoms with Gasteiger partial charge in [-0.3, -0.25) is 0 Å². The topological polar surface area (TPSA) is 12.0 Å². The van der Waals surface area contributed by atoms with Crippen molar-refractivity contribution in [1.29, 1.82) is 0 Å². The average molecular weight is 318 g/mol. The van der Waals surface area contributed by atoms with Gasteiger partial charge in [-0.25, -0.2) is 4.39 Å². The van der Waals surface area contributed by atoms with Gasteiger partial charge in [-0.1, -0.05) is 29.8 Å². The van der Waals surface area contributed by atoms with Crippen LogP contribution in [0.3, 0.4) is 0 Å². The normalized spacial score (nSPS) is 13.0. The van der Waals surface area contributed by atoms with E-state index in [-0.39, 0.29) is 11.3 Å². The molecule has 21 heavy (non-hydrogen) atoms. The summed E-state index contributed by atoms with van der Waals surface area (Å²) in [5.41, 5.74) is -0.635. The van der Waals surface area contributed by atoms with Gasteiger partial charge in [-0.2, -0.15) is 13.2 Å². The molecular formula is C15H12ClF4N. The number of halogens is 5. The Labute approximate surface area is 124 Å². The Morgan fingerprint density at radius 3 is 2.43 bits per heavy atom. The number of benzene rings is 2. The molecule has 112 valence electrons. The molecule has 0 spiro atoms. The van der Waals surface area contributed by atoms with Crippen LogP contribution in [-0.4, -0.2) is 0 Å². The van der Waals surface area contributed by atoms with Crippen molar-refractivity contribution >= 4 is 17.3 Å². The van der Waals surface area contributed by atoms with Crippen LogP contribution in [0.2, 0.25) is 5.02 Å². The van der Waals surface area contributed by atoms with E-state index in [0.29, 0.717) is 5.02 Å². The molecule has 1 atom stereocenters. The summed E-state index contributed by atoms with van der Waals surface area (Å²) >= 11 is 5.76. The summed E-state index contributed by atoms with van der Waals surface area (Å²) < 4.78 is 52.5. The van der Waals surface area contributed by atoms with Gasteiger partial charge >= 0.3 is 6.18 Å². The average Bonchev–Trinajstić information content (AvgIpc) is 2.42. The molecule has 0 aliphatic rings. The van der Waals surface area contributed by atoms with E-state index in [1.807, 2.05) is 0 Å². The van der Waals surface area contributed by atoms with E-state index in [2.05, 4.69) is 5.32 Å². The summed E-state index contributed by atoms with van der Waals surface area (Å²) in [5.74, 6) is -0.573. The van der Waals surface area contributed by atoms with Crippen LogP contribution in [0.5, 0.6) is 0 Å². The summed E-state index contributed by atoms with van der Waals surface area (Å²) in [6, 6.07) is 8.34. The van der Waals surface area contributed by atoms with Gasteiger partial charge in [0.1, 0.15) is 5.82 Å². The highest BCUT2D eigenvalue weighted by Crippen LogP contribution is 2.35. The van der Waals surface area contributed by atoms with E-state index in [9.17, 15) is 17.6 Å². The molecule has 0 saturated carbocycles. The summed E-state index contributed by atoms with van der Waals surface area (Å²) in [5, 5.41) is 3.02. The number of rotatable bonds is 3. The quantitative estimate of drug-likeness (QED) is 0.719. The zero-order valence-electron chi connectivity index (χ0n) is 11.0. The summed E-state index contributed by atoms with van der Waals surface area (Å²) in [7, 11) is 0. The second-order valence-electron chi connectivity index (χ2n) is 4.58. The lowest BCUT2D eigenvalue weighted by Crippen LogP contribution is -2.15. The molecule has 0 aromatic heterocycles. The third-order valence-electron chi connectivity index (χ3n) is 3.03. The smallest absolute Gasteiger partial charge is 0.376 e. The van der Waals surface area contributed by atoms with Crippen molar-refractivity contribution in [2.45, 2.75) is 19.1 Å². The molecule has 0 aliphatic heterocycles. The second kappa shape index (κ2) is 5.93. The molecule has 1 N–H and O–H groups in total. The SMILES string of the molecule is CC(Nc1cc(Cl)ccc1F)c1ccccc1C(F)(F)F. The molecule has 2 aromatic carbocycles. The third kappa shape index (κ3) is 3.67. The fraction of sp³-hybridized carbons (Fsp3) is 0.200. The van der Waals surface area contributed by atoms with E-state index in [4.69, 9.17) is 11.6 Å². The molecular weight excluding hydrogens is 306 g/mol. The van der Waals surface area contributed by atoms with Crippen LogP contribution in [0.25, 0.3) is 0 Å².